The molecule has 5 aromatic carbocycles. The quantitative estimate of drug-likeness (QED) is 0.378. The van der Waals surface area contributed by atoms with Crippen LogP contribution < -0.4 is 11.5 Å². The number of amides is 2. The maximum Gasteiger partial charge on any atom is 0.248 e. The Morgan fingerprint density at radius 3 is 0.969 bits per heavy atom. The molecule has 0 saturated heterocycles. The van der Waals surface area contributed by atoms with Gasteiger partial charge in [-0.1, -0.05) is 72.8 Å². The summed E-state index contributed by atoms with van der Waals surface area (Å²) in [7, 11) is 0. The van der Waals surface area contributed by atoms with E-state index in [2.05, 4.69) is 24.3 Å². The van der Waals surface area contributed by atoms with Crippen LogP contribution in [0.25, 0.3) is 43.8 Å². The Hall–Kier alpha value is -4.44. The van der Waals surface area contributed by atoms with Gasteiger partial charge in [-0.3, -0.25) is 9.59 Å². The zero-order chi connectivity index (χ0) is 22.2. The number of primary amides is 2. The lowest BCUT2D eigenvalue weighted by molar-refractivity contribution is 0.0992. The van der Waals surface area contributed by atoms with Crippen molar-refractivity contribution in [1.29, 1.82) is 0 Å². The molecule has 0 atom stereocenters. The number of benzene rings is 5. The SMILES string of the molecule is NC(=O)c1ccc(-c2c3ccccc3c(-c3ccc(C(N)=O)cc3)c3ccccc23)cc1. The van der Waals surface area contributed by atoms with Gasteiger partial charge in [0.15, 0.2) is 0 Å². The van der Waals surface area contributed by atoms with Crippen LogP contribution in [-0.4, -0.2) is 11.8 Å². The second-order valence-electron chi connectivity index (χ2n) is 7.72. The van der Waals surface area contributed by atoms with E-state index in [-0.39, 0.29) is 0 Å². The normalized spacial score (nSPS) is 11.0. The Kier molecular flexibility index (Phi) is 4.68. The second-order valence-corrected chi connectivity index (χ2v) is 7.72. The van der Waals surface area contributed by atoms with Crippen LogP contribution in [0.3, 0.4) is 0 Å². The summed E-state index contributed by atoms with van der Waals surface area (Å²) in [5.74, 6) is -0.887. The van der Waals surface area contributed by atoms with Crippen LogP contribution in [0.5, 0.6) is 0 Å². The van der Waals surface area contributed by atoms with Crippen LogP contribution in [-0.2, 0) is 0 Å². The number of carbonyl (C=O) groups is 2. The van der Waals surface area contributed by atoms with Gasteiger partial charge in [-0.05, 0) is 68.1 Å². The lowest BCUT2D eigenvalue weighted by atomic mass is 9.85. The molecule has 0 fully saturated rings. The fourth-order valence-corrected chi connectivity index (χ4v) is 4.35. The van der Waals surface area contributed by atoms with Crippen molar-refractivity contribution in [2.24, 2.45) is 11.5 Å². The highest BCUT2D eigenvalue weighted by Gasteiger charge is 2.16. The number of nitrogens with two attached hydrogens (primary N) is 2. The number of hydrogen-bond acceptors (Lipinski definition) is 2. The van der Waals surface area contributed by atoms with Crippen LogP contribution >= 0.6 is 0 Å². The molecule has 32 heavy (non-hydrogen) atoms. The highest BCUT2D eigenvalue weighted by atomic mass is 16.1. The molecule has 4 heteroatoms. The maximum atomic E-state index is 11.5. The predicted molar refractivity (Wildman–Crippen MR) is 129 cm³/mol. The first-order valence-electron chi connectivity index (χ1n) is 10.3. The maximum absolute atomic E-state index is 11.5. The summed E-state index contributed by atoms with van der Waals surface area (Å²) in [6.07, 6.45) is 0. The summed E-state index contributed by atoms with van der Waals surface area (Å²) in [5.41, 5.74) is 16.0. The third-order valence-corrected chi connectivity index (χ3v) is 5.85. The second kappa shape index (κ2) is 7.67. The minimum absolute atomic E-state index is 0.443. The van der Waals surface area contributed by atoms with Gasteiger partial charge in [-0.25, -0.2) is 0 Å². The Morgan fingerprint density at radius 1 is 0.438 bits per heavy atom. The lowest BCUT2D eigenvalue weighted by Crippen LogP contribution is -2.10. The van der Waals surface area contributed by atoms with Gasteiger partial charge in [0.2, 0.25) is 11.8 Å². The van der Waals surface area contributed by atoms with Gasteiger partial charge in [0.05, 0.1) is 0 Å². The summed E-state index contributed by atoms with van der Waals surface area (Å²) < 4.78 is 0. The van der Waals surface area contributed by atoms with Crippen molar-refractivity contribution in [3.8, 4) is 22.3 Å². The monoisotopic (exact) mass is 416 g/mol. The molecule has 0 aliphatic rings. The average molecular weight is 416 g/mol. The summed E-state index contributed by atoms with van der Waals surface area (Å²) in [6, 6.07) is 31.4. The fourth-order valence-electron chi connectivity index (χ4n) is 4.35. The molecule has 4 N–H and O–H groups in total. The molecule has 0 spiro atoms. The average Bonchev–Trinajstić information content (AvgIpc) is 2.82. The van der Waals surface area contributed by atoms with Crippen molar-refractivity contribution in [2.45, 2.75) is 0 Å². The molecule has 0 heterocycles. The van der Waals surface area contributed by atoms with Gasteiger partial charge < -0.3 is 11.5 Å². The van der Waals surface area contributed by atoms with E-state index in [4.69, 9.17) is 11.5 Å². The van der Waals surface area contributed by atoms with E-state index in [0.717, 1.165) is 43.8 Å². The molecule has 0 bridgehead atoms. The van der Waals surface area contributed by atoms with E-state index in [1.165, 1.54) is 0 Å². The number of carbonyl (C=O) groups excluding carboxylic acids is 2. The predicted octanol–water partition coefficient (Wildman–Crippen LogP) is 5.52. The first kappa shape index (κ1) is 19.5. The Bertz CT molecular complexity index is 1330. The highest BCUT2D eigenvalue weighted by Crippen LogP contribution is 2.43. The molecule has 0 aliphatic heterocycles. The van der Waals surface area contributed by atoms with Gasteiger partial charge in [0.1, 0.15) is 0 Å². The molecule has 2 amide bonds. The molecule has 0 unspecified atom stereocenters. The van der Waals surface area contributed by atoms with Crippen LogP contribution in [0.15, 0.2) is 97.1 Å². The number of fused-ring (bicyclic) bond motifs is 2. The van der Waals surface area contributed by atoms with E-state index >= 15 is 0 Å². The molecule has 0 radical (unpaired) electrons. The van der Waals surface area contributed by atoms with E-state index in [1.54, 1.807) is 24.3 Å². The van der Waals surface area contributed by atoms with Crippen LogP contribution in [0.1, 0.15) is 20.7 Å². The summed E-state index contributed by atoms with van der Waals surface area (Å²) in [4.78, 5) is 23.1. The zero-order valence-corrected chi connectivity index (χ0v) is 17.2. The molecule has 5 rings (SSSR count). The van der Waals surface area contributed by atoms with Crippen molar-refractivity contribution in [1.82, 2.24) is 0 Å². The smallest absolute Gasteiger partial charge is 0.248 e. The van der Waals surface area contributed by atoms with Crippen LogP contribution in [0, 0.1) is 0 Å². The Labute approximate surface area is 185 Å². The van der Waals surface area contributed by atoms with Crippen molar-refractivity contribution >= 4 is 33.4 Å². The van der Waals surface area contributed by atoms with Gasteiger partial charge in [0.25, 0.3) is 0 Å². The van der Waals surface area contributed by atoms with Gasteiger partial charge in [-0.15, -0.1) is 0 Å². The van der Waals surface area contributed by atoms with Crippen LogP contribution in [0.4, 0.5) is 0 Å². The topological polar surface area (TPSA) is 86.2 Å². The largest absolute Gasteiger partial charge is 0.366 e. The van der Waals surface area contributed by atoms with Crippen LogP contribution in [0.2, 0.25) is 0 Å². The minimum Gasteiger partial charge on any atom is -0.366 e. The van der Waals surface area contributed by atoms with E-state index < -0.39 is 11.8 Å². The fraction of sp³-hybridized carbons (Fsp3) is 0. The molecular formula is C28H20N2O2. The molecular weight excluding hydrogens is 396 g/mol. The molecule has 4 nitrogen and oxygen atoms in total. The first-order chi connectivity index (χ1) is 15.5. The van der Waals surface area contributed by atoms with Crippen molar-refractivity contribution in [3.05, 3.63) is 108 Å². The Morgan fingerprint density at radius 2 is 0.719 bits per heavy atom. The molecule has 0 aliphatic carbocycles. The third kappa shape index (κ3) is 3.19. The summed E-state index contributed by atoms with van der Waals surface area (Å²) >= 11 is 0. The molecule has 5 aromatic rings. The lowest BCUT2D eigenvalue weighted by Gasteiger charge is -2.18. The third-order valence-electron chi connectivity index (χ3n) is 5.85. The minimum atomic E-state index is -0.443. The standard InChI is InChI=1S/C28H20N2O2/c29-27(31)19-13-9-17(10-14-19)25-21-5-1-2-6-22(21)26(24-8-4-3-7-23(24)25)18-11-15-20(16-12-18)28(30)32/h1-16H,(H2,29,31)(H2,30,32). The molecule has 0 aromatic heterocycles. The highest BCUT2D eigenvalue weighted by molar-refractivity contribution is 6.21. The molecule has 154 valence electrons. The van der Waals surface area contributed by atoms with E-state index in [1.807, 2.05) is 48.5 Å². The Balaban J connectivity index is 1.85. The number of hydrogen-bond donors (Lipinski definition) is 2. The van der Waals surface area contributed by atoms with Crippen molar-refractivity contribution in [2.75, 3.05) is 0 Å². The van der Waals surface area contributed by atoms with Crippen molar-refractivity contribution < 1.29 is 9.59 Å². The van der Waals surface area contributed by atoms with E-state index in [9.17, 15) is 9.59 Å². The van der Waals surface area contributed by atoms with E-state index in [0.29, 0.717) is 11.1 Å². The van der Waals surface area contributed by atoms with Gasteiger partial charge >= 0.3 is 0 Å². The van der Waals surface area contributed by atoms with Gasteiger partial charge in [-0.2, -0.15) is 0 Å². The summed E-state index contributed by atoms with van der Waals surface area (Å²) in [5, 5.41) is 4.41. The summed E-state index contributed by atoms with van der Waals surface area (Å²) in [6.45, 7) is 0. The van der Waals surface area contributed by atoms with Crippen molar-refractivity contribution in [3.63, 3.8) is 0 Å². The van der Waals surface area contributed by atoms with Gasteiger partial charge in [0, 0.05) is 11.1 Å². The molecule has 0 saturated carbocycles. The number of rotatable bonds is 4. The zero-order valence-electron chi connectivity index (χ0n) is 17.2. The first-order valence-corrected chi connectivity index (χ1v) is 10.3.